The quantitative estimate of drug-likeness (QED) is 0.700. The van der Waals surface area contributed by atoms with E-state index in [1.807, 2.05) is 19.2 Å². The predicted molar refractivity (Wildman–Crippen MR) is 120 cm³/mol. The number of likely N-dealkylation sites (N-methyl/N-ethyl adjacent to an activating group) is 1. The average Bonchev–Trinajstić information content (AvgIpc) is 3.12. The fourth-order valence-corrected chi connectivity index (χ4v) is 5.32. The minimum atomic E-state index is -3.74. The summed E-state index contributed by atoms with van der Waals surface area (Å²) in [7, 11) is -2.32. The maximum atomic E-state index is 12.8. The van der Waals surface area contributed by atoms with Crippen LogP contribution in [0, 0.1) is 19.8 Å². The van der Waals surface area contributed by atoms with Crippen LogP contribution in [0.1, 0.15) is 36.6 Å². The average molecular weight is 451 g/mol. The molecule has 1 aliphatic rings. The summed E-state index contributed by atoms with van der Waals surface area (Å²) in [5, 5.41) is 5.17. The van der Waals surface area contributed by atoms with Crippen molar-refractivity contribution in [3.8, 4) is 0 Å². The number of benzene rings is 1. The number of carbonyl (C=O) groups excluding carboxylic acids is 1. The third kappa shape index (κ3) is 5.66. The first-order valence-electron chi connectivity index (χ1n) is 10.2. The van der Waals surface area contributed by atoms with E-state index in [2.05, 4.69) is 22.1 Å². The third-order valence-corrected chi connectivity index (χ3v) is 8.22. The van der Waals surface area contributed by atoms with Crippen LogP contribution in [0.2, 0.25) is 0 Å². The molecule has 2 aromatic rings. The van der Waals surface area contributed by atoms with Gasteiger partial charge in [0.1, 0.15) is 0 Å². The van der Waals surface area contributed by atoms with Gasteiger partial charge in [0.05, 0.1) is 17.1 Å². The van der Waals surface area contributed by atoms with E-state index in [0.717, 1.165) is 46.7 Å². The number of piperidine rings is 1. The van der Waals surface area contributed by atoms with Crippen molar-refractivity contribution >= 4 is 32.4 Å². The number of hydrogen-bond acceptors (Lipinski definition) is 6. The number of sulfonamides is 1. The Labute approximate surface area is 183 Å². The van der Waals surface area contributed by atoms with Crippen LogP contribution in [-0.4, -0.2) is 55.2 Å². The van der Waals surface area contributed by atoms with E-state index < -0.39 is 15.9 Å². The molecule has 0 aliphatic carbocycles. The Hall–Kier alpha value is -1.81. The van der Waals surface area contributed by atoms with Crippen molar-refractivity contribution in [3.05, 3.63) is 40.4 Å². The zero-order valence-corrected chi connectivity index (χ0v) is 19.6. The molecule has 1 saturated heterocycles. The van der Waals surface area contributed by atoms with Gasteiger partial charge in [0.2, 0.25) is 15.9 Å². The van der Waals surface area contributed by atoms with Gasteiger partial charge in [0.25, 0.3) is 0 Å². The van der Waals surface area contributed by atoms with E-state index in [-0.39, 0.29) is 11.4 Å². The largest absolute Gasteiger partial charge is 0.301 e. The van der Waals surface area contributed by atoms with Crippen LogP contribution in [0.25, 0.3) is 0 Å². The molecule has 1 aromatic heterocycles. The van der Waals surface area contributed by atoms with E-state index in [4.69, 9.17) is 0 Å². The molecule has 164 valence electrons. The van der Waals surface area contributed by atoms with Crippen molar-refractivity contribution in [3.63, 3.8) is 0 Å². The summed E-state index contributed by atoms with van der Waals surface area (Å²) in [4.78, 5) is 19.5. The zero-order valence-electron chi connectivity index (χ0n) is 18.0. The van der Waals surface area contributed by atoms with Crippen molar-refractivity contribution in [2.75, 3.05) is 32.0 Å². The summed E-state index contributed by atoms with van der Waals surface area (Å²) < 4.78 is 26.6. The highest BCUT2D eigenvalue weighted by Gasteiger charge is 2.24. The molecule has 7 nitrogen and oxygen atoms in total. The molecule has 1 N–H and O–H groups in total. The molecule has 1 fully saturated rings. The second-order valence-corrected chi connectivity index (χ2v) is 11.1. The van der Waals surface area contributed by atoms with Crippen LogP contribution in [0.5, 0.6) is 0 Å². The minimum Gasteiger partial charge on any atom is -0.301 e. The molecule has 0 atom stereocenters. The summed E-state index contributed by atoms with van der Waals surface area (Å²) in [5.74, 6) is 0.376. The molecular formula is C21H30N4O3S2. The monoisotopic (exact) mass is 450 g/mol. The number of thiazole rings is 1. The molecule has 0 bridgehead atoms. The molecule has 0 spiro atoms. The fraction of sp³-hybridized carbons (Fsp3) is 0.524. The van der Waals surface area contributed by atoms with Crippen molar-refractivity contribution in [2.24, 2.45) is 5.92 Å². The number of anilines is 1. The molecule has 9 heteroatoms. The number of nitrogens with one attached hydrogen (secondary N) is 1. The van der Waals surface area contributed by atoms with Gasteiger partial charge in [-0.2, -0.15) is 4.31 Å². The van der Waals surface area contributed by atoms with E-state index in [0.29, 0.717) is 5.13 Å². The maximum absolute atomic E-state index is 12.8. The van der Waals surface area contributed by atoms with Gasteiger partial charge in [-0.25, -0.2) is 13.4 Å². The molecule has 30 heavy (non-hydrogen) atoms. The zero-order chi connectivity index (χ0) is 21.9. The number of nitrogens with zero attached hydrogens (tertiary/aromatic N) is 3. The van der Waals surface area contributed by atoms with Crippen LogP contribution in [-0.2, 0) is 21.4 Å². The summed E-state index contributed by atoms with van der Waals surface area (Å²) in [6.45, 7) is 8.73. The Kier molecular flexibility index (Phi) is 7.28. The van der Waals surface area contributed by atoms with Crippen LogP contribution in [0.15, 0.2) is 28.5 Å². The molecule has 2 heterocycles. The number of rotatable bonds is 7. The highest BCUT2D eigenvalue weighted by molar-refractivity contribution is 7.89. The molecule has 0 unspecified atom stereocenters. The molecule has 1 amide bonds. The van der Waals surface area contributed by atoms with Gasteiger partial charge in [0, 0.05) is 19.0 Å². The number of aromatic nitrogens is 1. The van der Waals surface area contributed by atoms with Crippen molar-refractivity contribution < 1.29 is 13.2 Å². The van der Waals surface area contributed by atoms with Gasteiger partial charge >= 0.3 is 0 Å². The van der Waals surface area contributed by atoms with Gasteiger partial charge in [-0.1, -0.05) is 13.0 Å². The normalized spacial score (nSPS) is 16.2. The topological polar surface area (TPSA) is 82.6 Å². The second-order valence-electron chi connectivity index (χ2n) is 8.16. The number of aryl methyl sites for hydroxylation is 2. The van der Waals surface area contributed by atoms with Crippen molar-refractivity contribution in [1.29, 1.82) is 0 Å². The molecule has 0 saturated carbocycles. The van der Waals surface area contributed by atoms with Gasteiger partial charge in [-0.3, -0.25) is 9.69 Å². The van der Waals surface area contributed by atoms with Crippen LogP contribution in [0.4, 0.5) is 5.13 Å². The lowest BCUT2D eigenvalue weighted by molar-refractivity contribution is -0.116. The summed E-state index contributed by atoms with van der Waals surface area (Å²) in [5.41, 5.74) is 2.85. The molecule has 3 rings (SSSR count). The van der Waals surface area contributed by atoms with E-state index in [9.17, 15) is 13.2 Å². The van der Waals surface area contributed by atoms with Gasteiger partial charge < -0.3 is 5.32 Å². The number of likely N-dealkylation sites (tertiary alicyclic amines) is 1. The van der Waals surface area contributed by atoms with Crippen molar-refractivity contribution in [2.45, 2.75) is 45.1 Å². The van der Waals surface area contributed by atoms with E-state index >= 15 is 0 Å². The smallest absolute Gasteiger partial charge is 0.243 e. The van der Waals surface area contributed by atoms with Crippen LogP contribution in [0.3, 0.4) is 0 Å². The molecule has 0 radical (unpaired) electrons. The predicted octanol–water partition coefficient (Wildman–Crippen LogP) is 3.25. The first-order chi connectivity index (χ1) is 14.1. The molecule has 1 aromatic carbocycles. The Bertz CT molecular complexity index is 995. The van der Waals surface area contributed by atoms with Gasteiger partial charge in [-0.15, -0.1) is 11.3 Å². The minimum absolute atomic E-state index is 0.188. The van der Waals surface area contributed by atoms with Gasteiger partial charge in [0.15, 0.2) is 5.13 Å². The van der Waals surface area contributed by atoms with Crippen LogP contribution < -0.4 is 5.32 Å². The lowest BCUT2D eigenvalue weighted by atomic mass is 9.99. The molecule has 1 aliphatic heterocycles. The Morgan fingerprint density at radius 2 is 1.97 bits per heavy atom. The SMILES string of the molecule is Cc1ccc(S(=O)(=O)N(C)CC(=O)Nc2nc(CN3CCC(C)CC3)cs2)cc1C. The Morgan fingerprint density at radius 1 is 1.27 bits per heavy atom. The first kappa shape index (κ1) is 22.9. The highest BCUT2D eigenvalue weighted by atomic mass is 32.2. The standard InChI is InChI=1S/C21H30N4O3S2/c1-15-7-9-25(10-8-15)12-18-14-29-21(22-18)23-20(26)13-24(4)30(27,28)19-6-5-16(2)17(3)11-19/h5-6,11,14-15H,7-10,12-13H2,1-4H3,(H,22,23,26). The van der Waals surface area contributed by atoms with Gasteiger partial charge in [-0.05, 0) is 69.0 Å². The second kappa shape index (κ2) is 9.55. The number of amides is 1. The van der Waals surface area contributed by atoms with E-state index in [1.165, 1.54) is 31.2 Å². The number of hydrogen-bond donors (Lipinski definition) is 1. The maximum Gasteiger partial charge on any atom is 0.243 e. The lowest BCUT2D eigenvalue weighted by Crippen LogP contribution is -2.35. The first-order valence-corrected chi connectivity index (χ1v) is 12.5. The Balaban J connectivity index is 1.56. The van der Waals surface area contributed by atoms with E-state index in [1.54, 1.807) is 18.2 Å². The third-order valence-electron chi connectivity index (χ3n) is 5.61. The summed E-state index contributed by atoms with van der Waals surface area (Å²) >= 11 is 1.36. The summed E-state index contributed by atoms with van der Waals surface area (Å²) in [6, 6.07) is 4.98. The van der Waals surface area contributed by atoms with Crippen LogP contribution >= 0.6 is 11.3 Å². The highest BCUT2D eigenvalue weighted by Crippen LogP contribution is 2.22. The Morgan fingerprint density at radius 3 is 2.63 bits per heavy atom. The lowest BCUT2D eigenvalue weighted by Gasteiger charge is -2.29. The van der Waals surface area contributed by atoms with Crippen molar-refractivity contribution in [1.82, 2.24) is 14.2 Å². The summed E-state index contributed by atoms with van der Waals surface area (Å²) in [6.07, 6.45) is 2.41. The molecular weight excluding hydrogens is 420 g/mol. The number of carbonyl (C=O) groups is 1. The fourth-order valence-electron chi connectivity index (χ4n) is 3.39.